The molecule has 2 nitrogen and oxygen atoms in total. The van der Waals surface area contributed by atoms with Crippen LogP contribution in [0.15, 0.2) is 157 Å². The highest BCUT2D eigenvalue weighted by Gasteiger charge is 2.42. The Kier molecular flexibility index (Phi) is 5.70. The van der Waals surface area contributed by atoms with E-state index in [4.69, 9.17) is 4.74 Å². The summed E-state index contributed by atoms with van der Waals surface area (Å²) in [7, 11) is 0. The molecule has 0 amide bonds. The smallest absolute Gasteiger partial charge is 0.130 e. The van der Waals surface area contributed by atoms with Crippen LogP contribution >= 0.6 is 0 Å². The first-order chi connectivity index (χ1) is 22.1. The van der Waals surface area contributed by atoms with Gasteiger partial charge < -0.3 is 9.64 Å². The molecule has 0 radical (unpaired) electrons. The molecule has 0 fully saturated rings. The van der Waals surface area contributed by atoms with Gasteiger partial charge >= 0.3 is 0 Å². The number of rotatable bonds is 4. The van der Waals surface area contributed by atoms with Gasteiger partial charge in [0.2, 0.25) is 0 Å². The van der Waals surface area contributed by atoms with Crippen molar-refractivity contribution in [1.82, 2.24) is 0 Å². The summed E-state index contributed by atoms with van der Waals surface area (Å²) in [6, 6.07) is 48.4. The van der Waals surface area contributed by atoms with Crippen LogP contribution in [0.3, 0.4) is 0 Å². The van der Waals surface area contributed by atoms with E-state index in [2.05, 4.69) is 170 Å². The van der Waals surface area contributed by atoms with Crippen molar-refractivity contribution in [3.8, 4) is 28.0 Å². The van der Waals surface area contributed by atoms with E-state index in [1.807, 2.05) is 0 Å². The van der Waals surface area contributed by atoms with Gasteiger partial charge in [-0.15, -0.1) is 0 Å². The molecule has 1 heterocycles. The molecule has 2 atom stereocenters. The highest BCUT2D eigenvalue weighted by atomic mass is 16.5. The summed E-state index contributed by atoms with van der Waals surface area (Å²) < 4.78 is 6.83. The number of benzene rings is 6. The topological polar surface area (TPSA) is 12.5 Å². The average molecular weight is 580 g/mol. The van der Waals surface area contributed by atoms with Gasteiger partial charge in [-0.25, -0.2) is 0 Å². The molecule has 0 aromatic heterocycles. The second-order valence-electron chi connectivity index (χ2n) is 12.9. The molecule has 45 heavy (non-hydrogen) atoms. The van der Waals surface area contributed by atoms with E-state index in [1.54, 1.807) is 0 Å². The molecule has 1 aliphatic heterocycles. The van der Waals surface area contributed by atoms with Crippen molar-refractivity contribution in [2.75, 3.05) is 4.90 Å². The minimum absolute atomic E-state index is 0.0402. The number of fused-ring (bicyclic) bond motifs is 8. The third-order valence-electron chi connectivity index (χ3n) is 10.0. The maximum Gasteiger partial charge on any atom is 0.130 e. The van der Waals surface area contributed by atoms with Gasteiger partial charge in [0.15, 0.2) is 0 Å². The predicted octanol–water partition coefficient (Wildman–Crippen LogP) is 10.9. The number of para-hydroxylation sites is 1. The molecular formula is C43H33NO. The molecule has 0 saturated carbocycles. The Balaban J connectivity index is 1.24. The Morgan fingerprint density at radius 3 is 2.11 bits per heavy atom. The molecule has 0 spiro atoms. The van der Waals surface area contributed by atoms with Gasteiger partial charge in [0, 0.05) is 28.1 Å². The summed E-state index contributed by atoms with van der Waals surface area (Å²) in [4.78, 5) is 2.46. The van der Waals surface area contributed by atoms with Gasteiger partial charge in [-0.3, -0.25) is 0 Å². The van der Waals surface area contributed by atoms with Crippen LogP contribution in [-0.4, -0.2) is 6.10 Å². The summed E-state index contributed by atoms with van der Waals surface area (Å²) >= 11 is 0. The van der Waals surface area contributed by atoms with Gasteiger partial charge in [-0.2, -0.15) is 0 Å². The summed E-state index contributed by atoms with van der Waals surface area (Å²) in [5, 5.41) is 2.50. The zero-order chi connectivity index (χ0) is 30.1. The number of ether oxygens (including phenoxy) is 1. The number of hydrogen-bond acceptors (Lipinski definition) is 2. The van der Waals surface area contributed by atoms with Crippen molar-refractivity contribution in [3.63, 3.8) is 0 Å². The van der Waals surface area contributed by atoms with Crippen LogP contribution in [0, 0.1) is 0 Å². The summed E-state index contributed by atoms with van der Waals surface area (Å²) in [5.74, 6) is 1.01. The van der Waals surface area contributed by atoms with Gasteiger partial charge in [-0.05, 0) is 86.6 Å². The van der Waals surface area contributed by atoms with E-state index in [1.165, 1.54) is 61.1 Å². The van der Waals surface area contributed by atoms with E-state index in [0.717, 1.165) is 11.4 Å². The van der Waals surface area contributed by atoms with E-state index in [9.17, 15) is 0 Å². The number of allylic oxidation sites excluding steroid dienone is 2. The molecule has 2 unspecified atom stereocenters. The zero-order valence-electron chi connectivity index (χ0n) is 25.4. The Morgan fingerprint density at radius 1 is 0.600 bits per heavy atom. The van der Waals surface area contributed by atoms with E-state index in [-0.39, 0.29) is 17.4 Å². The SMILES string of the molecule is CC1(C)c2ccccc2-c2ccc(N(C3=CC=CC4Oc5cc(-c6ccccc6)c6ccccc6c5C34)c3ccccc3)cc21. The average Bonchev–Trinajstić information content (AvgIpc) is 3.58. The van der Waals surface area contributed by atoms with Crippen LogP contribution in [0.25, 0.3) is 33.0 Å². The molecule has 0 saturated heterocycles. The first-order valence-corrected chi connectivity index (χ1v) is 15.9. The molecule has 9 rings (SSSR count). The van der Waals surface area contributed by atoms with E-state index < -0.39 is 0 Å². The minimum atomic E-state index is -0.0873. The molecule has 3 aliphatic rings. The lowest BCUT2D eigenvalue weighted by Gasteiger charge is -2.35. The van der Waals surface area contributed by atoms with Gasteiger partial charge in [0.05, 0.1) is 5.92 Å². The Bertz CT molecular complexity index is 2170. The fourth-order valence-corrected chi connectivity index (χ4v) is 7.93. The van der Waals surface area contributed by atoms with Crippen LogP contribution in [0.2, 0.25) is 0 Å². The number of anilines is 2. The monoisotopic (exact) mass is 579 g/mol. The van der Waals surface area contributed by atoms with Crippen molar-refractivity contribution in [2.24, 2.45) is 0 Å². The highest BCUT2D eigenvalue weighted by molar-refractivity contribution is 6.01. The molecule has 0 bridgehead atoms. The van der Waals surface area contributed by atoms with Crippen LogP contribution in [0.5, 0.6) is 5.75 Å². The lowest BCUT2D eigenvalue weighted by Crippen LogP contribution is -2.29. The van der Waals surface area contributed by atoms with Crippen LogP contribution in [0.1, 0.15) is 36.5 Å². The quantitative estimate of drug-likeness (QED) is 0.206. The van der Waals surface area contributed by atoms with Crippen molar-refractivity contribution >= 4 is 22.1 Å². The molecule has 0 N–H and O–H groups in total. The van der Waals surface area contributed by atoms with Gasteiger partial charge in [0.25, 0.3) is 0 Å². The Labute approximate surface area is 264 Å². The van der Waals surface area contributed by atoms with Crippen LogP contribution < -0.4 is 9.64 Å². The highest BCUT2D eigenvalue weighted by Crippen LogP contribution is 2.54. The zero-order valence-corrected chi connectivity index (χ0v) is 25.4. The number of hydrogen-bond donors (Lipinski definition) is 0. The van der Waals surface area contributed by atoms with Crippen molar-refractivity contribution in [2.45, 2.75) is 31.3 Å². The van der Waals surface area contributed by atoms with E-state index in [0.29, 0.717) is 0 Å². The van der Waals surface area contributed by atoms with Crippen molar-refractivity contribution < 1.29 is 4.74 Å². The fraction of sp³-hybridized carbons (Fsp3) is 0.116. The Hall–Kier alpha value is -5.34. The number of nitrogens with zero attached hydrogens (tertiary/aromatic N) is 1. The fourth-order valence-electron chi connectivity index (χ4n) is 7.93. The van der Waals surface area contributed by atoms with E-state index >= 15 is 0 Å². The predicted molar refractivity (Wildman–Crippen MR) is 186 cm³/mol. The lowest BCUT2D eigenvalue weighted by atomic mass is 9.81. The van der Waals surface area contributed by atoms with Gasteiger partial charge in [-0.1, -0.05) is 123 Å². The minimum Gasteiger partial charge on any atom is -0.485 e. The second kappa shape index (κ2) is 9.84. The second-order valence-corrected chi connectivity index (χ2v) is 12.9. The van der Waals surface area contributed by atoms with Crippen molar-refractivity contribution in [3.05, 3.63) is 174 Å². The molecule has 216 valence electrons. The summed E-state index contributed by atoms with van der Waals surface area (Å²) in [6.07, 6.45) is 6.60. The summed E-state index contributed by atoms with van der Waals surface area (Å²) in [6.45, 7) is 4.70. The molecule has 2 heteroatoms. The molecule has 6 aromatic rings. The first kappa shape index (κ1) is 26.1. The molecular weight excluding hydrogens is 546 g/mol. The third kappa shape index (κ3) is 3.88. The maximum atomic E-state index is 6.83. The first-order valence-electron chi connectivity index (χ1n) is 15.9. The standard InChI is InChI=1S/C43H33NO/c1-43(2)36-21-12-11-19-32(36)33-25-24-30(26-37(33)43)44(29-16-7-4-8-17-29)38-22-13-23-39-42(38)41-34-20-10-9-18-31(34)35(27-40(41)45-39)28-14-5-3-6-15-28/h3-27,39,42H,1-2H3. The van der Waals surface area contributed by atoms with Gasteiger partial charge in [0.1, 0.15) is 11.9 Å². The maximum absolute atomic E-state index is 6.83. The van der Waals surface area contributed by atoms with Crippen molar-refractivity contribution in [1.29, 1.82) is 0 Å². The molecule has 2 aliphatic carbocycles. The van der Waals surface area contributed by atoms with Crippen LogP contribution in [0.4, 0.5) is 11.4 Å². The normalized spacial score (nSPS) is 18.4. The Morgan fingerprint density at radius 2 is 1.29 bits per heavy atom. The van der Waals surface area contributed by atoms with Crippen LogP contribution in [-0.2, 0) is 5.41 Å². The lowest BCUT2D eigenvalue weighted by molar-refractivity contribution is 0.264. The third-order valence-corrected chi connectivity index (χ3v) is 10.0. The molecule has 6 aromatic carbocycles. The summed E-state index contributed by atoms with van der Waals surface area (Å²) in [5.41, 5.74) is 12.6. The largest absolute Gasteiger partial charge is 0.485 e.